The SMILES string of the molecule is CCCCOC(=O)C(Sc1cc(NC(=O)c2cccc(F)c2)c(F)cc1Br)C(C)C. The van der Waals surface area contributed by atoms with Crippen LogP contribution in [-0.2, 0) is 9.53 Å². The van der Waals surface area contributed by atoms with Gasteiger partial charge in [-0.15, -0.1) is 11.8 Å². The summed E-state index contributed by atoms with van der Waals surface area (Å²) < 4.78 is 33.6. The predicted molar refractivity (Wildman–Crippen MR) is 119 cm³/mol. The smallest absolute Gasteiger partial charge is 0.319 e. The van der Waals surface area contributed by atoms with Gasteiger partial charge in [0.15, 0.2) is 0 Å². The van der Waals surface area contributed by atoms with Gasteiger partial charge in [0.2, 0.25) is 0 Å². The number of benzene rings is 2. The molecular formula is C22H24BrF2NO3S. The highest BCUT2D eigenvalue weighted by atomic mass is 79.9. The van der Waals surface area contributed by atoms with Crippen LogP contribution in [0.15, 0.2) is 45.8 Å². The molecule has 0 heterocycles. The maximum atomic E-state index is 14.4. The number of ether oxygens (including phenoxy) is 1. The topological polar surface area (TPSA) is 55.4 Å². The lowest BCUT2D eigenvalue weighted by Crippen LogP contribution is -2.26. The van der Waals surface area contributed by atoms with E-state index in [0.717, 1.165) is 18.9 Å². The third-order valence-corrected chi connectivity index (χ3v) is 6.69. The quantitative estimate of drug-likeness (QED) is 0.245. The molecule has 0 fully saturated rings. The number of carbonyl (C=O) groups excluding carboxylic acids is 2. The van der Waals surface area contributed by atoms with Gasteiger partial charge >= 0.3 is 5.97 Å². The van der Waals surface area contributed by atoms with E-state index in [1.165, 1.54) is 42.1 Å². The molecule has 0 saturated carbocycles. The lowest BCUT2D eigenvalue weighted by atomic mass is 10.1. The molecule has 0 aliphatic rings. The summed E-state index contributed by atoms with van der Waals surface area (Å²) in [6, 6.07) is 7.81. The van der Waals surface area contributed by atoms with Crippen LogP contribution in [0.5, 0.6) is 0 Å². The monoisotopic (exact) mass is 499 g/mol. The molecule has 4 nitrogen and oxygen atoms in total. The van der Waals surface area contributed by atoms with Gasteiger partial charge < -0.3 is 10.1 Å². The zero-order chi connectivity index (χ0) is 22.3. The predicted octanol–water partition coefficient (Wildman–Crippen LogP) is 6.44. The second kappa shape index (κ2) is 11.5. The van der Waals surface area contributed by atoms with E-state index in [2.05, 4.69) is 21.2 Å². The molecule has 1 unspecified atom stereocenters. The fourth-order valence-corrected chi connectivity index (χ4v) is 4.20. The first-order valence-electron chi connectivity index (χ1n) is 9.62. The van der Waals surface area contributed by atoms with E-state index in [9.17, 15) is 18.4 Å². The van der Waals surface area contributed by atoms with Crippen LogP contribution in [0.3, 0.4) is 0 Å². The zero-order valence-electron chi connectivity index (χ0n) is 17.0. The van der Waals surface area contributed by atoms with E-state index in [1.807, 2.05) is 20.8 Å². The van der Waals surface area contributed by atoms with Crippen LogP contribution in [0, 0.1) is 17.6 Å². The zero-order valence-corrected chi connectivity index (χ0v) is 19.4. The number of thioether (sulfide) groups is 1. The molecule has 8 heteroatoms. The van der Waals surface area contributed by atoms with Gasteiger partial charge in [0, 0.05) is 14.9 Å². The number of nitrogens with one attached hydrogen (secondary N) is 1. The lowest BCUT2D eigenvalue weighted by molar-refractivity contribution is -0.143. The first-order valence-corrected chi connectivity index (χ1v) is 11.3. The van der Waals surface area contributed by atoms with E-state index in [0.29, 0.717) is 16.0 Å². The van der Waals surface area contributed by atoms with Crippen molar-refractivity contribution in [2.75, 3.05) is 11.9 Å². The molecule has 2 aromatic carbocycles. The number of esters is 1. The van der Waals surface area contributed by atoms with E-state index < -0.39 is 22.8 Å². The van der Waals surface area contributed by atoms with Crippen LogP contribution >= 0.6 is 27.7 Å². The standard InChI is InChI=1S/C22H24BrF2NO3S/c1-4-5-9-29-22(28)20(13(2)3)30-19-12-18(17(25)11-16(19)23)26-21(27)14-7-6-8-15(24)10-14/h6-8,10-13,20H,4-5,9H2,1-3H3,(H,26,27). The Morgan fingerprint density at radius 3 is 2.57 bits per heavy atom. The van der Waals surface area contributed by atoms with E-state index in [4.69, 9.17) is 4.74 Å². The van der Waals surface area contributed by atoms with E-state index in [1.54, 1.807) is 0 Å². The summed E-state index contributed by atoms with van der Waals surface area (Å²) in [4.78, 5) is 25.4. The summed E-state index contributed by atoms with van der Waals surface area (Å²) in [5.41, 5.74) is 0.0166. The molecule has 0 spiro atoms. The van der Waals surface area contributed by atoms with Gasteiger partial charge in [-0.3, -0.25) is 9.59 Å². The first kappa shape index (κ1) is 24.3. The Hall–Kier alpha value is -1.93. The normalized spacial score (nSPS) is 12.0. The molecule has 0 radical (unpaired) electrons. The summed E-state index contributed by atoms with van der Waals surface area (Å²) in [5.74, 6) is -2.19. The van der Waals surface area contributed by atoms with Gasteiger partial charge in [-0.25, -0.2) is 8.78 Å². The van der Waals surface area contributed by atoms with Gasteiger partial charge in [-0.05, 0) is 58.6 Å². The summed E-state index contributed by atoms with van der Waals surface area (Å²) >= 11 is 4.56. The number of halogens is 3. The van der Waals surface area contributed by atoms with Crippen molar-refractivity contribution in [3.63, 3.8) is 0 Å². The first-order chi connectivity index (χ1) is 14.2. The van der Waals surface area contributed by atoms with Gasteiger partial charge in [0.05, 0.1) is 12.3 Å². The maximum absolute atomic E-state index is 14.4. The number of carbonyl (C=O) groups is 2. The molecule has 0 aliphatic heterocycles. The Balaban J connectivity index is 2.22. The highest BCUT2D eigenvalue weighted by Crippen LogP contribution is 2.37. The number of rotatable bonds is 9. The van der Waals surface area contributed by atoms with Crippen LogP contribution in [-0.4, -0.2) is 23.7 Å². The summed E-state index contributed by atoms with van der Waals surface area (Å²) in [5, 5.41) is 1.97. The molecule has 0 saturated heterocycles. The Kier molecular flexibility index (Phi) is 9.30. The third kappa shape index (κ3) is 6.80. The highest BCUT2D eigenvalue weighted by Gasteiger charge is 2.26. The van der Waals surface area contributed by atoms with Crippen LogP contribution in [0.25, 0.3) is 0 Å². The molecule has 30 heavy (non-hydrogen) atoms. The minimum absolute atomic E-state index is 0.0218. The fraction of sp³-hybridized carbons (Fsp3) is 0.364. The summed E-state index contributed by atoms with van der Waals surface area (Å²) in [6.45, 7) is 6.18. The molecule has 162 valence electrons. The van der Waals surface area contributed by atoms with Crippen molar-refractivity contribution in [2.24, 2.45) is 5.92 Å². The van der Waals surface area contributed by atoms with Gasteiger partial charge in [-0.1, -0.05) is 33.3 Å². The van der Waals surface area contributed by atoms with Crippen molar-refractivity contribution < 1.29 is 23.1 Å². The molecule has 2 rings (SSSR count). The van der Waals surface area contributed by atoms with Crippen molar-refractivity contribution in [1.82, 2.24) is 0 Å². The van der Waals surface area contributed by atoms with Gasteiger partial charge in [0.1, 0.15) is 16.9 Å². The van der Waals surface area contributed by atoms with Crippen molar-refractivity contribution in [1.29, 1.82) is 0 Å². The van der Waals surface area contributed by atoms with Crippen LogP contribution in [0.4, 0.5) is 14.5 Å². The second-order valence-electron chi connectivity index (χ2n) is 7.03. The van der Waals surface area contributed by atoms with Gasteiger partial charge in [-0.2, -0.15) is 0 Å². The Morgan fingerprint density at radius 2 is 1.93 bits per heavy atom. The maximum Gasteiger partial charge on any atom is 0.319 e. The van der Waals surface area contributed by atoms with E-state index in [-0.39, 0.29) is 23.1 Å². The van der Waals surface area contributed by atoms with Crippen molar-refractivity contribution in [3.05, 3.63) is 58.1 Å². The number of amides is 1. The Labute approximate surface area is 187 Å². The van der Waals surface area contributed by atoms with Gasteiger partial charge in [0.25, 0.3) is 5.91 Å². The third-order valence-electron chi connectivity index (χ3n) is 4.19. The molecule has 1 atom stereocenters. The largest absolute Gasteiger partial charge is 0.465 e. The summed E-state index contributed by atoms with van der Waals surface area (Å²) in [6.07, 6.45) is 1.71. The Morgan fingerprint density at radius 1 is 1.20 bits per heavy atom. The average molecular weight is 500 g/mol. The van der Waals surface area contributed by atoms with Crippen molar-refractivity contribution in [3.8, 4) is 0 Å². The number of hydrogen-bond acceptors (Lipinski definition) is 4. The molecule has 1 amide bonds. The number of unbranched alkanes of at least 4 members (excludes halogenated alkanes) is 1. The molecule has 0 aliphatic carbocycles. The van der Waals surface area contributed by atoms with Crippen molar-refractivity contribution >= 4 is 45.3 Å². The molecule has 0 aromatic heterocycles. The highest BCUT2D eigenvalue weighted by molar-refractivity contribution is 9.10. The minimum Gasteiger partial charge on any atom is -0.465 e. The van der Waals surface area contributed by atoms with E-state index >= 15 is 0 Å². The molecule has 2 aromatic rings. The minimum atomic E-state index is -0.650. The average Bonchev–Trinajstić information content (AvgIpc) is 2.68. The number of anilines is 1. The molecular weight excluding hydrogens is 476 g/mol. The van der Waals surface area contributed by atoms with Crippen LogP contribution < -0.4 is 5.32 Å². The second-order valence-corrected chi connectivity index (χ2v) is 9.07. The van der Waals surface area contributed by atoms with Crippen molar-refractivity contribution in [2.45, 2.75) is 43.8 Å². The fourth-order valence-electron chi connectivity index (χ4n) is 2.53. The molecule has 0 bridgehead atoms. The van der Waals surface area contributed by atoms with Crippen LogP contribution in [0.1, 0.15) is 44.0 Å². The summed E-state index contributed by atoms with van der Waals surface area (Å²) in [7, 11) is 0. The Bertz CT molecular complexity index is 908. The molecule has 1 N–H and O–H groups in total. The number of hydrogen-bond donors (Lipinski definition) is 1. The van der Waals surface area contributed by atoms with Crippen LogP contribution in [0.2, 0.25) is 0 Å². The lowest BCUT2D eigenvalue weighted by Gasteiger charge is -2.20.